The van der Waals surface area contributed by atoms with Crippen LogP contribution in [0, 0.1) is 5.92 Å². The van der Waals surface area contributed by atoms with Gasteiger partial charge in [-0.05, 0) is 80.8 Å². The van der Waals surface area contributed by atoms with Crippen molar-refractivity contribution in [3.63, 3.8) is 0 Å². The SMILES string of the molecule is CC(C)(O)c1cc2nn(C3CCC(CO)CC3)cc2cc1-c1ccc(C(F)(F)F)nc1C(N)=O. The lowest BCUT2D eigenvalue weighted by molar-refractivity contribution is -0.141. The fraction of sp³-hybridized carbons (Fsp3) is 0.458. The summed E-state index contributed by atoms with van der Waals surface area (Å²) in [7, 11) is 0. The van der Waals surface area contributed by atoms with Crippen LogP contribution in [0.3, 0.4) is 0 Å². The van der Waals surface area contributed by atoms with Gasteiger partial charge < -0.3 is 15.9 Å². The third-order valence-electron chi connectivity index (χ3n) is 6.48. The molecule has 1 fully saturated rings. The lowest BCUT2D eigenvalue weighted by atomic mass is 9.86. The number of carbonyl (C=O) groups excluding carboxylic acids is 1. The molecule has 10 heteroatoms. The quantitative estimate of drug-likeness (QED) is 0.512. The Bertz CT molecular complexity index is 1220. The van der Waals surface area contributed by atoms with Gasteiger partial charge in [0.25, 0.3) is 5.91 Å². The molecule has 2 aromatic heterocycles. The summed E-state index contributed by atoms with van der Waals surface area (Å²) in [5.74, 6) is -0.798. The maximum Gasteiger partial charge on any atom is 0.433 e. The second-order valence-corrected chi connectivity index (χ2v) is 9.44. The highest BCUT2D eigenvalue weighted by Gasteiger charge is 2.34. The zero-order valence-corrected chi connectivity index (χ0v) is 18.9. The molecule has 1 amide bonds. The Balaban J connectivity index is 1.85. The molecule has 0 bridgehead atoms. The molecule has 1 aromatic carbocycles. The van der Waals surface area contributed by atoms with Gasteiger partial charge in [-0.1, -0.05) is 0 Å². The normalized spacial score (nSPS) is 19.5. The number of fused-ring (bicyclic) bond motifs is 1. The van der Waals surface area contributed by atoms with Crippen molar-refractivity contribution >= 4 is 16.8 Å². The summed E-state index contributed by atoms with van der Waals surface area (Å²) in [6.45, 7) is 3.27. The van der Waals surface area contributed by atoms with Crippen LogP contribution in [0.5, 0.6) is 0 Å². The first-order valence-corrected chi connectivity index (χ1v) is 11.1. The minimum atomic E-state index is -4.73. The van der Waals surface area contributed by atoms with Gasteiger partial charge in [-0.25, -0.2) is 4.98 Å². The molecule has 0 spiro atoms. The molecular formula is C24H27F3N4O3. The smallest absolute Gasteiger partial charge is 0.396 e. The molecule has 0 radical (unpaired) electrons. The van der Waals surface area contributed by atoms with Crippen LogP contribution in [-0.2, 0) is 11.8 Å². The number of hydrogen-bond acceptors (Lipinski definition) is 5. The Morgan fingerprint density at radius 2 is 1.82 bits per heavy atom. The van der Waals surface area contributed by atoms with Crippen LogP contribution in [-0.4, -0.2) is 37.5 Å². The summed E-state index contributed by atoms with van der Waals surface area (Å²) in [4.78, 5) is 15.6. The summed E-state index contributed by atoms with van der Waals surface area (Å²) in [6.07, 6.45) is 0.673. The van der Waals surface area contributed by atoms with E-state index in [0.717, 1.165) is 37.8 Å². The van der Waals surface area contributed by atoms with Crippen LogP contribution in [0.15, 0.2) is 30.5 Å². The van der Waals surface area contributed by atoms with Crippen molar-refractivity contribution in [1.82, 2.24) is 14.8 Å². The van der Waals surface area contributed by atoms with Crippen LogP contribution >= 0.6 is 0 Å². The first-order chi connectivity index (χ1) is 15.9. The van der Waals surface area contributed by atoms with E-state index in [2.05, 4.69) is 10.1 Å². The molecule has 4 rings (SSSR count). The van der Waals surface area contributed by atoms with Crippen molar-refractivity contribution in [2.24, 2.45) is 11.7 Å². The summed E-state index contributed by atoms with van der Waals surface area (Å²) in [5.41, 5.74) is 3.74. The van der Waals surface area contributed by atoms with E-state index in [1.165, 1.54) is 0 Å². The third kappa shape index (κ3) is 4.65. The van der Waals surface area contributed by atoms with Crippen molar-refractivity contribution in [2.45, 2.75) is 57.3 Å². The topological polar surface area (TPSA) is 114 Å². The number of nitrogens with two attached hydrogens (primary N) is 1. The Morgan fingerprint density at radius 3 is 2.38 bits per heavy atom. The Kier molecular flexibility index (Phi) is 6.15. The number of hydrogen-bond donors (Lipinski definition) is 3. The highest BCUT2D eigenvalue weighted by molar-refractivity contribution is 6.00. The minimum Gasteiger partial charge on any atom is -0.396 e. The molecule has 1 saturated carbocycles. The second kappa shape index (κ2) is 8.66. The molecule has 4 N–H and O–H groups in total. The number of amides is 1. The first-order valence-electron chi connectivity index (χ1n) is 11.1. The zero-order valence-electron chi connectivity index (χ0n) is 18.9. The van der Waals surface area contributed by atoms with E-state index in [9.17, 15) is 28.2 Å². The molecule has 182 valence electrons. The van der Waals surface area contributed by atoms with Crippen molar-refractivity contribution in [2.75, 3.05) is 6.61 Å². The van der Waals surface area contributed by atoms with Crippen LogP contribution < -0.4 is 5.73 Å². The van der Waals surface area contributed by atoms with Gasteiger partial charge in [0.1, 0.15) is 11.4 Å². The van der Waals surface area contributed by atoms with E-state index < -0.39 is 29.1 Å². The molecule has 0 atom stereocenters. The summed E-state index contributed by atoms with van der Waals surface area (Å²) >= 11 is 0. The highest BCUT2D eigenvalue weighted by Crippen LogP contribution is 2.39. The van der Waals surface area contributed by atoms with Crippen molar-refractivity contribution in [1.29, 1.82) is 0 Å². The van der Waals surface area contributed by atoms with E-state index in [0.29, 0.717) is 27.9 Å². The van der Waals surface area contributed by atoms with Crippen molar-refractivity contribution in [3.05, 3.63) is 47.4 Å². The molecule has 0 unspecified atom stereocenters. The molecule has 7 nitrogen and oxygen atoms in total. The van der Waals surface area contributed by atoms with Gasteiger partial charge in [0.2, 0.25) is 0 Å². The molecule has 1 aliphatic rings. The van der Waals surface area contributed by atoms with Crippen molar-refractivity contribution in [3.8, 4) is 11.1 Å². The second-order valence-electron chi connectivity index (χ2n) is 9.44. The van der Waals surface area contributed by atoms with E-state index in [1.54, 1.807) is 26.0 Å². The fourth-order valence-electron chi connectivity index (χ4n) is 4.62. The maximum atomic E-state index is 13.2. The molecular weight excluding hydrogens is 449 g/mol. The average Bonchev–Trinajstić information content (AvgIpc) is 3.20. The van der Waals surface area contributed by atoms with Crippen LogP contribution in [0.25, 0.3) is 22.0 Å². The average molecular weight is 476 g/mol. The number of nitrogens with zero attached hydrogens (tertiary/aromatic N) is 3. The predicted octanol–water partition coefficient (Wildman–Crippen LogP) is 4.17. The van der Waals surface area contributed by atoms with Gasteiger partial charge in [-0.2, -0.15) is 18.3 Å². The van der Waals surface area contributed by atoms with Gasteiger partial charge in [0.05, 0.1) is 17.2 Å². The number of alkyl halides is 3. The number of pyridine rings is 1. The van der Waals surface area contributed by atoms with Crippen molar-refractivity contribution < 1.29 is 28.2 Å². The van der Waals surface area contributed by atoms with Gasteiger partial charge in [-0.15, -0.1) is 0 Å². The standard InChI is InChI=1S/C24H27F3N4O3/c1-23(2,34)18-10-19-14(11-31(30-19)15-5-3-13(12-32)4-6-15)9-17(18)16-7-8-20(24(25,26)27)29-21(16)22(28)33/h7-11,13,15,32,34H,3-6,12H2,1-2H3,(H2,28,33). The number of benzene rings is 1. The molecule has 3 aromatic rings. The molecule has 2 heterocycles. The van der Waals surface area contributed by atoms with Crippen LogP contribution in [0.1, 0.15) is 67.3 Å². The maximum absolute atomic E-state index is 13.2. The number of aliphatic hydroxyl groups is 2. The molecule has 0 saturated heterocycles. The van der Waals surface area contributed by atoms with Gasteiger partial charge in [-0.3, -0.25) is 9.48 Å². The summed E-state index contributed by atoms with van der Waals surface area (Å²) in [5, 5.41) is 25.6. The Morgan fingerprint density at radius 1 is 1.15 bits per heavy atom. The number of halogens is 3. The number of rotatable bonds is 5. The van der Waals surface area contributed by atoms with E-state index in [4.69, 9.17) is 5.73 Å². The first kappa shape index (κ1) is 24.2. The number of aliphatic hydroxyl groups excluding tert-OH is 1. The van der Waals surface area contributed by atoms with E-state index in [-0.39, 0.29) is 18.2 Å². The monoisotopic (exact) mass is 476 g/mol. The Hall–Kier alpha value is -2.98. The molecule has 34 heavy (non-hydrogen) atoms. The summed E-state index contributed by atoms with van der Waals surface area (Å²) < 4.78 is 41.4. The molecule has 1 aliphatic carbocycles. The zero-order chi connectivity index (χ0) is 24.8. The van der Waals surface area contributed by atoms with Crippen LogP contribution in [0.4, 0.5) is 13.2 Å². The van der Waals surface area contributed by atoms with E-state index >= 15 is 0 Å². The lowest BCUT2D eigenvalue weighted by Gasteiger charge is -2.27. The Labute approximate surface area is 194 Å². The fourth-order valence-corrected chi connectivity index (χ4v) is 4.62. The highest BCUT2D eigenvalue weighted by atomic mass is 19.4. The number of carbonyl (C=O) groups is 1. The number of aromatic nitrogens is 3. The minimum absolute atomic E-state index is 0.107. The summed E-state index contributed by atoms with van der Waals surface area (Å²) in [6, 6.07) is 5.50. The molecule has 0 aliphatic heterocycles. The van der Waals surface area contributed by atoms with E-state index in [1.807, 2.05) is 10.9 Å². The van der Waals surface area contributed by atoms with Crippen LogP contribution in [0.2, 0.25) is 0 Å². The van der Waals surface area contributed by atoms with Gasteiger partial charge in [0.15, 0.2) is 0 Å². The third-order valence-corrected chi connectivity index (χ3v) is 6.48. The predicted molar refractivity (Wildman–Crippen MR) is 120 cm³/mol. The number of primary amides is 1. The van der Waals surface area contributed by atoms with Gasteiger partial charge >= 0.3 is 6.18 Å². The largest absolute Gasteiger partial charge is 0.433 e. The van der Waals surface area contributed by atoms with Gasteiger partial charge in [0, 0.05) is 23.8 Å². The lowest BCUT2D eigenvalue weighted by Crippen LogP contribution is -2.21.